The van der Waals surface area contributed by atoms with Crippen LogP contribution in [0, 0.1) is 5.92 Å². The van der Waals surface area contributed by atoms with E-state index in [2.05, 4.69) is 31.3 Å². The van der Waals surface area contributed by atoms with Crippen molar-refractivity contribution in [3.63, 3.8) is 0 Å². The van der Waals surface area contributed by atoms with Gasteiger partial charge in [0.05, 0.1) is 0 Å². The van der Waals surface area contributed by atoms with E-state index in [9.17, 15) is 0 Å². The number of hydrogen-bond donors (Lipinski definition) is 0. The van der Waals surface area contributed by atoms with Crippen molar-refractivity contribution in [2.45, 2.75) is 33.6 Å². The van der Waals surface area contributed by atoms with E-state index in [0.717, 1.165) is 12.5 Å². The molecular formula is C9H21NS. The minimum absolute atomic E-state index is 0.854. The molecule has 1 atom stereocenters. The first-order valence-corrected chi connectivity index (χ1v) is 5.71. The fraction of sp³-hybridized carbons (Fsp3) is 1.00. The van der Waals surface area contributed by atoms with E-state index in [1.807, 2.05) is 11.9 Å². The van der Waals surface area contributed by atoms with Crippen LogP contribution in [0.25, 0.3) is 0 Å². The van der Waals surface area contributed by atoms with Gasteiger partial charge in [0.1, 0.15) is 0 Å². The van der Waals surface area contributed by atoms with Crippen LogP contribution >= 0.6 is 11.9 Å². The molecule has 2 heteroatoms. The van der Waals surface area contributed by atoms with Crippen molar-refractivity contribution in [1.82, 2.24) is 4.31 Å². The average molecular weight is 175 g/mol. The van der Waals surface area contributed by atoms with Crippen molar-refractivity contribution in [3.05, 3.63) is 0 Å². The summed E-state index contributed by atoms with van der Waals surface area (Å²) >= 11 is 1.86. The summed E-state index contributed by atoms with van der Waals surface area (Å²) < 4.78 is 2.42. The molecule has 0 rings (SSSR count). The predicted octanol–water partition coefficient (Wildman–Crippen LogP) is 3.02. The monoisotopic (exact) mass is 175 g/mol. The van der Waals surface area contributed by atoms with Crippen LogP contribution in [0.2, 0.25) is 0 Å². The molecule has 0 saturated heterocycles. The molecule has 0 aliphatic rings. The molecule has 0 bridgehead atoms. The number of nitrogens with zero attached hydrogens (tertiary/aromatic N) is 1. The van der Waals surface area contributed by atoms with Gasteiger partial charge in [0.15, 0.2) is 0 Å². The maximum Gasteiger partial charge on any atom is 0.0115 e. The molecule has 11 heavy (non-hydrogen) atoms. The molecule has 0 saturated carbocycles. The lowest BCUT2D eigenvalue weighted by molar-refractivity contribution is 0.384. The van der Waals surface area contributed by atoms with Gasteiger partial charge in [-0.2, -0.15) is 0 Å². The Bertz CT molecular complexity index is 81.6. The van der Waals surface area contributed by atoms with E-state index in [1.165, 1.54) is 19.4 Å². The van der Waals surface area contributed by atoms with Crippen molar-refractivity contribution < 1.29 is 0 Å². The molecule has 0 aliphatic carbocycles. The summed E-state index contributed by atoms with van der Waals surface area (Å²) in [5, 5.41) is 0. The fourth-order valence-electron chi connectivity index (χ4n) is 1.26. The SMILES string of the molecule is CCCC(C)CN(CC)SC. The topological polar surface area (TPSA) is 3.24 Å². The molecule has 0 aromatic carbocycles. The summed E-state index contributed by atoms with van der Waals surface area (Å²) in [4.78, 5) is 0. The van der Waals surface area contributed by atoms with Crippen LogP contribution in [-0.2, 0) is 0 Å². The zero-order valence-corrected chi connectivity index (χ0v) is 9.08. The molecule has 1 nitrogen and oxygen atoms in total. The van der Waals surface area contributed by atoms with Crippen molar-refractivity contribution in [2.75, 3.05) is 19.3 Å². The molecule has 0 aromatic heterocycles. The Hall–Kier alpha value is 0.310. The van der Waals surface area contributed by atoms with Crippen molar-refractivity contribution in [2.24, 2.45) is 5.92 Å². The third kappa shape index (κ3) is 5.57. The van der Waals surface area contributed by atoms with Gasteiger partial charge >= 0.3 is 0 Å². The Kier molecular flexibility index (Phi) is 7.18. The molecule has 68 valence electrons. The van der Waals surface area contributed by atoms with Crippen molar-refractivity contribution in [3.8, 4) is 0 Å². The van der Waals surface area contributed by atoms with Crippen LogP contribution in [0.15, 0.2) is 0 Å². The van der Waals surface area contributed by atoms with Gasteiger partial charge in [0.25, 0.3) is 0 Å². The van der Waals surface area contributed by atoms with Gasteiger partial charge in [-0.1, -0.05) is 39.1 Å². The molecule has 1 unspecified atom stereocenters. The van der Waals surface area contributed by atoms with E-state index in [-0.39, 0.29) is 0 Å². The smallest absolute Gasteiger partial charge is 0.0115 e. The maximum absolute atomic E-state index is 2.42. The maximum atomic E-state index is 2.42. The van der Waals surface area contributed by atoms with Crippen LogP contribution in [0.4, 0.5) is 0 Å². The minimum atomic E-state index is 0.854. The molecule has 0 radical (unpaired) electrons. The summed E-state index contributed by atoms with van der Waals surface area (Å²) in [7, 11) is 0. The summed E-state index contributed by atoms with van der Waals surface area (Å²) in [6.45, 7) is 9.21. The van der Waals surface area contributed by atoms with Crippen LogP contribution in [-0.4, -0.2) is 23.7 Å². The molecule has 0 spiro atoms. The van der Waals surface area contributed by atoms with Gasteiger partial charge in [0, 0.05) is 13.1 Å². The quantitative estimate of drug-likeness (QED) is 0.571. The fourth-order valence-corrected chi connectivity index (χ4v) is 1.93. The molecule has 0 fully saturated rings. The van der Waals surface area contributed by atoms with Crippen LogP contribution < -0.4 is 0 Å². The first-order chi connectivity index (χ1) is 5.24. The first kappa shape index (κ1) is 11.3. The third-order valence-electron chi connectivity index (χ3n) is 1.91. The second-order valence-electron chi connectivity index (χ2n) is 3.06. The third-order valence-corrected chi connectivity index (χ3v) is 2.83. The normalized spacial score (nSPS) is 13.9. The summed E-state index contributed by atoms with van der Waals surface area (Å²) in [6.07, 6.45) is 4.83. The lowest BCUT2D eigenvalue weighted by Crippen LogP contribution is -2.21. The number of hydrogen-bond acceptors (Lipinski definition) is 2. The van der Waals surface area contributed by atoms with Gasteiger partial charge < -0.3 is 0 Å². The highest BCUT2D eigenvalue weighted by atomic mass is 32.2. The second-order valence-corrected chi connectivity index (χ2v) is 3.94. The minimum Gasteiger partial charge on any atom is -0.251 e. The Labute approximate surface area is 75.7 Å². The summed E-state index contributed by atoms with van der Waals surface area (Å²) in [5.41, 5.74) is 0. The van der Waals surface area contributed by atoms with E-state index in [1.54, 1.807) is 0 Å². The highest BCUT2D eigenvalue weighted by Crippen LogP contribution is 2.12. The van der Waals surface area contributed by atoms with E-state index >= 15 is 0 Å². The van der Waals surface area contributed by atoms with Crippen LogP contribution in [0.3, 0.4) is 0 Å². The van der Waals surface area contributed by atoms with E-state index in [4.69, 9.17) is 0 Å². The van der Waals surface area contributed by atoms with Crippen LogP contribution in [0.1, 0.15) is 33.6 Å². The van der Waals surface area contributed by atoms with Gasteiger partial charge in [-0.05, 0) is 18.6 Å². The largest absolute Gasteiger partial charge is 0.251 e. The molecular weight excluding hydrogens is 154 g/mol. The van der Waals surface area contributed by atoms with E-state index in [0.29, 0.717) is 0 Å². The molecule has 0 N–H and O–H groups in total. The lowest BCUT2D eigenvalue weighted by Gasteiger charge is -2.20. The number of rotatable bonds is 6. The second kappa shape index (κ2) is 6.99. The molecule has 0 aliphatic heterocycles. The highest BCUT2D eigenvalue weighted by Gasteiger charge is 2.05. The Balaban J connectivity index is 3.44. The predicted molar refractivity (Wildman–Crippen MR) is 54.8 cm³/mol. The molecule has 0 aromatic rings. The Morgan fingerprint density at radius 2 is 2.00 bits per heavy atom. The van der Waals surface area contributed by atoms with Crippen molar-refractivity contribution >= 4 is 11.9 Å². The zero-order chi connectivity index (χ0) is 8.69. The van der Waals surface area contributed by atoms with Gasteiger partial charge in [-0.25, -0.2) is 0 Å². The zero-order valence-electron chi connectivity index (χ0n) is 8.26. The highest BCUT2D eigenvalue weighted by molar-refractivity contribution is 7.96. The Morgan fingerprint density at radius 3 is 2.36 bits per heavy atom. The molecule has 0 amide bonds. The molecule has 0 heterocycles. The Morgan fingerprint density at radius 1 is 1.36 bits per heavy atom. The average Bonchev–Trinajstić information content (AvgIpc) is 2.01. The van der Waals surface area contributed by atoms with Crippen LogP contribution in [0.5, 0.6) is 0 Å². The lowest BCUT2D eigenvalue weighted by atomic mass is 10.1. The van der Waals surface area contributed by atoms with E-state index < -0.39 is 0 Å². The summed E-state index contributed by atoms with van der Waals surface area (Å²) in [6, 6.07) is 0. The summed E-state index contributed by atoms with van der Waals surface area (Å²) in [5.74, 6) is 0.854. The first-order valence-electron chi connectivity index (χ1n) is 4.53. The van der Waals surface area contributed by atoms with Gasteiger partial charge in [0.2, 0.25) is 0 Å². The van der Waals surface area contributed by atoms with Crippen molar-refractivity contribution in [1.29, 1.82) is 0 Å². The van der Waals surface area contributed by atoms with Gasteiger partial charge in [-0.15, -0.1) is 0 Å². The van der Waals surface area contributed by atoms with Gasteiger partial charge in [-0.3, -0.25) is 4.31 Å². The standard InChI is InChI=1S/C9H21NS/c1-5-7-9(3)8-10(6-2)11-4/h9H,5-8H2,1-4H3.